The van der Waals surface area contributed by atoms with E-state index in [-0.39, 0.29) is 5.38 Å². The van der Waals surface area contributed by atoms with Gasteiger partial charge in [0.15, 0.2) is 0 Å². The fraction of sp³-hybridized carbons (Fsp3) is 0.0769. The molecule has 0 heterocycles. The van der Waals surface area contributed by atoms with Crippen molar-refractivity contribution >= 4 is 62.3 Å². The van der Waals surface area contributed by atoms with Crippen LogP contribution in [0.3, 0.4) is 0 Å². The second-order valence-electron chi connectivity index (χ2n) is 3.70. The Morgan fingerprint density at radius 2 is 1.61 bits per heavy atom. The smallest absolute Gasteiger partial charge is 0.0846 e. The van der Waals surface area contributed by atoms with Crippen LogP contribution in [0.2, 0.25) is 15.1 Å². The van der Waals surface area contributed by atoms with E-state index in [2.05, 4.69) is 15.9 Å². The highest BCUT2D eigenvalue weighted by molar-refractivity contribution is 9.10. The van der Waals surface area contributed by atoms with Crippen molar-refractivity contribution in [3.05, 3.63) is 67.1 Å². The molecule has 1 atom stereocenters. The summed E-state index contributed by atoms with van der Waals surface area (Å²) in [6.45, 7) is 0. The minimum atomic E-state index is -0.314. The molecule has 0 amide bonds. The number of hydrogen-bond donors (Lipinski definition) is 0. The molecular formula is C13H7BrCl4. The number of halogens is 5. The highest BCUT2D eigenvalue weighted by Gasteiger charge is 2.15. The monoisotopic (exact) mass is 382 g/mol. The van der Waals surface area contributed by atoms with E-state index in [1.54, 1.807) is 18.2 Å². The van der Waals surface area contributed by atoms with Gasteiger partial charge >= 0.3 is 0 Å². The normalized spacial score (nSPS) is 12.5. The minimum Gasteiger partial charge on any atom is -0.113 e. The molecule has 0 radical (unpaired) electrons. The lowest BCUT2D eigenvalue weighted by atomic mass is 10.0. The molecule has 0 spiro atoms. The zero-order valence-corrected chi connectivity index (χ0v) is 13.5. The average Bonchev–Trinajstić information content (AvgIpc) is 2.32. The van der Waals surface area contributed by atoms with E-state index >= 15 is 0 Å². The fourth-order valence-electron chi connectivity index (χ4n) is 1.56. The molecule has 0 aliphatic carbocycles. The molecule has 0 saturated carbocycles. The summed E-state index contributed by atoms with van der Waals surface area (Å²) in [6, 6.07) is 10.8. The number of rotatable bonds is 2. The Hall–Kier alpha value is 0.0800. The molecule has 0 bridgehead atoms. The van der Waals surface area contributed by atoms with Crippen molar-refractivity contribution in [3.8, 4) is 0 Å². The number of hydrogen-bond acceptors (Lipinski definition) is 0. The lowest BCUT2D eigenvalue weighted by Crippen LogP contribution is -1.94. The highest BCUT2D eigenvalue weighted by atomic mass is 79.9. The van der Waals surface area contributed by atoms with Gasteiger partial charge in [-0.25, -0.2) is 0 Å². The maximum absolute atomic E-state index is 6.44. The van der Waals surface area contributed by atoms with Crippen LogP contribution in [-0.2, 0) is 0 Å². The summed E-state index contributed by atoms with van der Waals surface area (Å²) in [7, 11) is 0. The van der Waals surface area contributed by atoms with Crippen LogP contribution in [0.1, 0.15) is 16.5 Å². The van der Waals surface area contributed by atoms with Crippen LogP contribution >= 0.6 is 62.3 Å². The van der Waals surface area contributed by atoms with E-state index in [4.69, 9.17) is 46.4 Å². The molecule has 18 heavy (non-hydrogen) atoms. The van der Waals surface area contributed by atoms with Gasteiger partial charge in [0.1, 0.15) is 0 Å². The average molecular weight is 385 g/mol. The Morgan fingerprint density at radius 3 is 2.22 bits per heavy atom. The zero-order chi connectivity index (χ0) is 13.3. The van der Waals surface area contributed by atoms with Crippen molar-refractivity contribution in [2.24, 2.45) is 0 Å². The molecule has 94 valence electrons. The van der Waals surface area contributed by atoms with Gasteiger partial charge in [-0.2, -0.15) is 0 Å². The molecule has 0 aliphatic heterocycles. The third kappa shape index (κ3) is 3.15. The quantitative estimate of drug-likeness (QED) is 0.503. The summed E-state index contributed by atoms with van der Waals surface area (Å²) < 4.78 is 0.862. The summed E-state index contributed by atoms with van der Waals surface area (Å²) in [5.41, 5.74) is 1.81. The molecule has 0 fully saturated rings. The van der Waals surface area contributed by atoms with Crippen molar-refractivity contribution < 1.29 is 0 Å². The van der Waals surface area contributed by atoms with Crippen LogP contribution in [0.25, 0.3) is 0 Å². The SMILES string of the molecule is Clc1ccc(C(Cl)c2ccc(Cl)c(Cl)c2)c(Br)c1. The van der Waals surface area contributed by atoms with Gasteiger partial charge in [0.05, 0.1) is 15.4 Å². The Kier molecular flexibility index (Phi) is 4.85. The standard InChI is InChI=1S/C13H7BrCl4/c14-10-6-8(15)2-3-9(10)13(18)7-1-4-11(16)12(17)5-7/h1-6,13H. The van der Waals surface area contributed by atoms with Crippen LogP contribution in [0.4, 0.5) is 0 Å². The first-order chi connectivity index (χ1) is 8.49. The molecule has 2 rings (SSSR count). The van der Waals surface area contributed by atoms with Crippen LogP contribution < -0.4 is 0 Å². The predicted octanol–water partition coefficient (Wildman–Crippen LogP) is 6.74. The lowest BCUT2D eigenvalue weighted by molar-refractivity contribution is 1.13. The van der Waals surface area contributed by atoms with E-state index in [1.165, 1.54) is 0 Å². The first-order valence-electron chi connectivity index (χ1n) is 5.03. The Balaban J connectivity index is 2.41. The molecule has 0 nitrogen and oxygen atoms in total. The predicted molar refractivity (Wildman–Crippen MR) is 83.3 cm³/mol. The second-order valence-corrected chi connectivity index (χ2v) is 6.24. The lowest BCUT2D eigenvalue weighted by Gasteiger charge is -2.13. The van der Waals surface area contributed by atoms with Gasteiger partial charge < -0.3 is 0 Å². The Morgan fingerprint density at radius 1 is 0.889 bits per heavy atom. The second kappa shape index (κ2) is 6.02. The van der Waals surface area contributed by atoms with E-state index in [0.717, 1.165) is 15.6 Å². The maximum atomic E-state index is 6.44. The summed E-state index contributed by atoms with van der Waals surface area (Å²) in [6.07, 6.45) is 0. The van der Waals surface area contributed by atoms with Crippen molar-refractivity contribution in [1.82, 2.24) is 0 Å². The van der Waals surface area contributed by atoms with Crippen molar-refractivity contribution in [2.45, 2.75) is 5.38 Å². The molecule has 0 N–H and O–H groups in total. The topological polar surface area (TPSA) is 0 Å². The molecule has 5 heteroatoms. The van der Waals surface area contributed by atoms with Crippen LogP contribution in [0.5, 0.6) is 0 Å². The van der Waals surface area contributed by atoms with Crippen molar-refractivity contribution in [2.75, 3.05) is 0 Å². The van der Waals surface area contributed by atoms with Gasteiger partial charge in [0.25, 0.3) is 0 Å². The van der Waals surface area contributed by atoms with E-state index in [0.29, 0.717) is 15.1 Å². The van der Waals surface area contributed by atoms with Crippen molar-refractivity contribution in [3.63, 3.8) is 0 Å². The third-order valence-electron chi connectivity index (χ3n) is 2.47. The Bertz CT molecular complexity index is 583. The highest BCUT2D eigenvalue weighted by Crippen LogP contribution is 2.37. The van der Waals surface area contributed by atoms with E-state index in [1.807, 2.05) is 18.2 Å². The van der Waals surface area contributed by atoms with Gasteiger partial charge in [-0.05, 0) is 35.4 Å². The van der Waals surface area contributed by atoms with Gasteiger partial charge in [-0.1, -0.05) is 62.9 Å². The molecule has 0 aliphatic rings. The van der Waals surface area contributed by atoms with Crippen LogP contribution in [-0.4, -0.2) is 0 Å². The summed E-state index contributed by atoms with van der Waals surface area (Å²) in [5.74, 6) is 0. The number of benzene rings is 2. The Labute approximate surface area is 134 Å². The summed E-state index contributed by atoms with van der Waals surface area (Å²) in [5, 5.41) is 1.35. The van der Waals surface area contributed by atoms with Gasteiger partial charge in [0, 0.05) is 9.50 Å². The largest absolute Gasteiger partial charge is 0.113 e. The zero-order valence-electron chi connectivity index (χ0n) is 8.93. The summed E-state index contributed by atoms with van der Waals surface area (Å²) >= 11 is 27.7. The van der Waals surface area contributed by atoms with Gasteiger partial charge in [-0.15, -0.1) is 11.6 Å². The third-order valence-corrected chi connectivity index (χ3v) is 4.62. The molecule has 1 unspecified atom stereocenters. The minimum absolute atomic E-state index is 0.314. The molecule has 0 aromatic heterocycles. The van der Waals surface area contributed by atoms with Crippen LogP contribution in [0, 0.1) is 0 Å². The summed E-state index contributed by atoms with van der Waals surface area (Å²) in [4.78, 5) is 0. The molecule has 2 aromatic carbocycles. The van der Waals surface area contributed by atoms with Crippen molar-refractivity contribution in [1.29, 1.82) is 0 Å². The first kappa shape index (κ1) is 14.5. The van der Waals surface area contributed by atoms with Crippen LogP contribution in [0.15, 0.2) is 40.9 Å². The van der Waals surface area contributed by atoms with Gasteiger partial charge in [0.2, 0.25) is 0 Å². The molecular weight excluding hydrogens is 378 g/mol. The fourth-order valence-corrected chi connectivity index (χ4v) is 3.23. The van der Waals surface area contributed by atoms with E-state index < -0.39 is 0 Å². The maximum Gasteiger partial charge on any atom is 0.0846 e. The molecule has 0 saturated heterocycles. The number of alkyl halides is 1. The van der Waals surface area contributed by atoms with E-state index in [9.17, 15) is 0 Å². The van der Waals surface area contributed by atoms with Gasteiger partial charge in [-0.3, -0.25) is 0 Å². The molecule has 2 aromatic rings. The first-order valence-corrected chi connectivity index (χ1v) is 7.39.